The van der Waals surface area contributed by atoms with Crippen LogP contribution in [0.3, 0.4) is 0 Å². The molecule has 4 nitrogen and oxygen atoms in total. The minimum Gasteiger partial charge on any atom is -0.487 e. The van der Waals surface area contributed by atoms with Gasteiger partial charge in [-0.3, -0.25) is 4.79 Å². The molecule has 0 aliphatic heterocycles. The lowest BCUT2D eigenvalue weighted by atomic mass is 10.2. The smallest absolute Gasteiger partial charge is 0.274 e. The maximum absolute atomic E-state index is 13.1. The molecule has 0 bridgehead atoms. The van der Waals surface area contributed by atoms with E-state index in [4.69, 9.17) is 27.9 Å². The Labute approximate surface area is 185 Å². The predicted octanol–water partition coefficient (Wildman–Crippen LogP) is 5.34. The van der Waals surface area contributed by atoms with Gasteiger partial charge in [0.05, 0.1) is 20.6 Å². The van der Waals surface area contributed by atoms with Crippen LogP contribution in [0.5, 0.6) is 5.75 Å². The van der Waals surface area contributed by atoms with E-state index in [0.29, 0.717) is 37.5 Å². The van der Waals surface area contributed by atoms with Crippen molar-refractivity contribution in [3.63, 3.8) is 0 Å². The fraction of sp³-hybridized carbons (Fsp3) is 0.0435. The zero-order valence-corrected chi connectivity index (χ0v) is 17.8. The Morgan fingerprint density at radius 3 is 2.63 bits per heavy atom. The molecule has 3 aromatic carbocycles. The quantitative estimate of drug-likeness (QED) is 0.369. The average molecular weight is 453 g/mol. The molecule has 0 aliphatic carbocycles. The summed E-state index contributed by atoms with van der Waals surface area (Å²) in [5.41, 5.74) is 3.12. The first-order valence-electron chi connectivity index (χ1n) is 9.17. The Kier molecular flexibility index (Phi) is 4.95. The summed E-state index contributed by atoms with van der Waals surface area (Å²) in [6, 6.07) is 20.7. The van der Waals surface area contributed by atoms with Crippen LogP contribution in [0.1, 0.15) is 11.1 Å². The van der Waals surface area contributed by atoms with Crippen LogP contribution in [-0.4, -0.2) is 9.38 Å². The van der Waals surface area contributed by atoms with Gasteiger partial charge in [0.15, 0.2) is 4.96 Å². The topological polar surface area (TPSA) is 43.6 Å². The van der Waals surface area contributed by atoms with Gasteiger partial charge in [-0.25, -0.2) is 9.38 Å². The van der Waals surface area contributed by atoms with E-state index in [1.165, 1.54) is 11.3 Å². The summed E-state index contributed by atoms with van der Waals surface area (Å²) >= 11 is 14.0. The predicted molar refractivity (Wildman–Crippen MR) is 123 cm³/mol. The van der Waals surface area contributed by atoms with Crippen molar-refractivity contribution in [1.29, 1.82) is 0 Å². The van der Waals surface area contributed by atoms with Gasteiger partial charge in [0.1, 0.15) is 12.4 Å². The van der Waals surface area contributed by atoms with Gasteiger partial charge in [0.25, 0.3) is 5.56 Å². The van der Waals surface area contributed by atoms with Crippen LogP contribution in [0.15, 0.2) is 71.5 Å². The molecule has 0 spiro atoms. The molecular formula is C23H14Cl2N2O2S. The highest BCUT2D eigenvalue weighted by Gasteiger charge is 2.13. The molecule has 30 heavy (non-hydrogen) atoms. The molecule has 7 heteroatoms. The van der Waals surface area contributed by atoms with Gasteiger partial charge in [-0.1, -0.05) is 77.0 Å². The van der Waals surface area contributed by atoms with Crippen LogP contribution in [-0.2, 0) is 6.61 Å². The van der Waals surface area contributed by atoms with Crippen molar-refractivity contribution in [3.8, 4) is 5.75 Å². The second kappa shape index (κ2) is 7.76. The molecule has 2 heterocycles. The Hall–Kier alpha value is -2.86. The number of aromatic nitrogens is 2. The molecule has 0 N–H and O–H groups in total. The van der Waals surface area contributed by atoms with Crippen molar-refractivity contribution in [1.82, 2.24) is 9.38 Å². The highest BCUT2D eigenvalue weighted by molar-refractivity contribution is 7.15. The van der Waals surface area contributed by atoms with Crippen molar-refractivity contribution in [2.45, 2.75) is 6.61 Å². The molecule has 0 fully saturated rings. The molecule has 0 atom stereocenters. The van der Waals surface area contributed by atoms with Crippen molar-refractivity contribution in [2.24, 2.45) is 0 Å². The number of fused-ring (bicyclic) bond motifs is 3. The van der Waals surface area contributed by atoms with E-state index in [1.807, 2.05) is 54.6 Å². The van der Waals surface area contributed by atoms with Crippen molar-refractivity contribution in [2.75, 3.05) is 0 Å². The Morgan fingerprint density at radius 1 is 1.03 bits per heavy atom. The first kappa shape index (κ1) is 19.1. The molecule has 2 aromatic heterocycles. The third-order valence-electron chi connectivity index (χ3n) is 4.69. The minimum atomic E-state index is -0.131. The van der Waals surface area contributed by atoms with E-state index >= 15 is 0 Å². The Bertz CT molecular complexity index is 1490. The lowest BCUT2D eigenvalue weighted by molar-refractivity contribution is 0.306. The monoisotopic (exact) mass is 452 g/mol. The molecule has 0 saturated carbocycles. The van der Waals surface area contributed by atoms with E-state index in [2.05, 4.69) is 4.98 Å². The fourth-order valence-electron chi connectivity index (χ4n) is 3.32. The number of thiazole rings is 1. The van der Waals surface area contributed by atoms with Crippen molar-refractivity contribution >= 4 is 56.6 Å². The molecular weight excluding hydrogens is 439 g/mol. The number of ether oxygens (including phenoxy) is 1. The molecule has 0 unspecified atom stereocenters. The summed E-state index contributed by atoms with van der Waals surface area (Å²) in [7, 11) is 0. The van der Waals surface area contributed by atoms with Gasteiger partial charge in [0.2, 0.25) is 0 Å². The second-order valence-electron chi connectivity index (χ2n) is 6.71. The van der Waals surface area contributed by atoms with E-state index in [9.17, 15) is 4.79 Å². The number of halogens is 2. The van der Waals surface area contributed by atoms with Gasteiger partial charge < -0.3 is 4.74 Å². The molecule has 0 saturated heterocycles. The second-order valence-corrected chi connectivity index (χ2v) is 8.57. The Balaban J connectivity index is 1.62. The zero-order valence-electron chi connectivity index (χ0n) is 15.5. The molecule has 0 aliphatic rings. The van der Waals surface area contributed by atoms with Crippen LogP contribution >= 0.6 is 34.5 Å². The summed E-state index contributed by atoms with van der Waals surface area (Å²) in [6.07, 6.45) is 1.76. The normalized spacial score (nSPS) is 12.1. The number of para-hydroxylation sites is 2. The van der Waals surface area contributed by atoms with Gasteiger partial charge >= 0.3 is 0 Å². The fourth-order valence-corrected chi connectivity index (χ4v) is 4.86. The number of benzene rings is 3. The largest absolute Gasteiger partial charge is 0.487 e. The lowest BCUT2D eigenvalue weighted by Gasteiger charge is -2.12. The lowest BCUT2D eigenvalue weighted by Crippen LogP contribution is -2.22. The van der Waals surface area contributed by atoms with E-state index in [0.717, 1.165) is 16.6 Å². The third kappa shape index (κ3) is 3.45. The first-order chi connectivity index (χ1) is 14.6. The summed E-state index contributed by atoms with van der Waals surface area (Å²) in [6.45, 7) is 0.353. The Morgan fingerprint density at radius 2 is 1.80 bits per heavy atom. The van der Waals surface area contributed by atoms with E-state index in [1.54, 1.807) is 22.6 Å². The van der Waals surface area contributed by atoms with Crippen LogP contribution < -0.4 is 14.8 Å². The summed E-state index contributed by atoms with van der Waals surface area (Å²) in [5.74, 6) is 0.486. The molecule has 5 aromatic rings. The van der Waals surface area contributed by atoms with E-state index in [-0.39, 0.29) is 5.56 Å². The first-order valence-corrected chi connectivity index (χ1v) is 10.7. The van der Waals surface area contributed by atoms with Gasteiger partial charge in [-0.15, -0.1) is 0 Å². The van der Waals surface area contributed by atoms with Crippen molar-refractivity contribution in [3.05, 3.63) is 103 Å². The maximum atomic E-state index is 13.1. The number of hydrogen-bond acceptors (Lipinski definition) is 4. The number of hydrogen-bond donors (Lipinski definition) is 0. The number of rotatable bonds is 4. The number of imidazole rings is 1. The maximum Gasteiger partial charge on any atom is 0.274 e. The van der Waals surface area contributed by atoms with Crippen molar-refractivity contribution < 1.29 is 4.74 Å². The number of nitrogens with zero attached hydrogens (tertiary/aromatic N) is 2. The third-order valence-corrected chi connectivity index (χ3v) is 6.16. The highest BCUT2D eigenvalue weighted by atomic mass is 35.5. The molecule has 5 rings (SSSR count). The SMILES string of the molecule is O=c1c(=Cc2cc(Cl)cc(Cl)c2OCc2ccccc2)sc2nc3ccccc3n12. The molecule has 0 radical (unpaired) electrons. The van der Waals surface area contributed by atoms with Crippen LogP contribution in [0.4, 0.5) is 0 Å². The van der Waals surface area contributed by atoms with Gasteiger partial charge in [-0.05, 0) is 35.9 Å². The standard InChI is InChI=1S/C23H14Cl2N2O2S/c24-16-10-15(21(17(25)12-16)29-13-14-6-2-1-3-7-14)11-20-22(28)27-19-9-5-4-8-18(19)26-23(27)30-20/h1-12H,13H2. The minimum absolute atomic E-state index is 0.131. The summed E-state index contributed by atoms with van der Waals surface area (Å²) in [4.78, 5) is 18.3. The summed E-state index contributed by atoms with van der Waals surface area (Å²) in [5, 5.41) is 0.862. The van der Waals surface area contributed by atoms with Crippen LogP contribution in [0, 0.1) is 0 Å². The zero-order chi connectivity index (χ0) is 20.7. The molecule has 148 valence electrons. The molecule has 0 amide bonds. The van der Waals surface area contributed by atoms with E-state index < -0.39 is 0 Å². The van der Waals surface area contributed by atoms with Gasteiger partial charge in [0, 0.05) is 10.6 Å². The summed E-state index contributed by atoms with van der Waals surface area (Å²) < 4.78 is 8.17. The van der Waals surface area contributed by atoms with Gasteiger partial charge in [-0.2, -0.15) is 0 Å². The average Bonchev–Trinajstić information content (AvgIpc) is 3.24. The van der Waals surface area contributed by atoms with Crippen LogP contribution in [0.25, 0.3) is 22.1 Å². The van der Waals surface area contributed by atoms with Crippen LogP contribution in [0.2, 0.25) is 10.0 Å². The highest BCUT2D eigenvalue weighted by Crippen LogP contribution is 2.33.